The lowest BCUT2D eigenvalue weighted by Gasteiger charge is -2.13. The SMILES string of the molecule is CCS(=O)(=O)c1ccc(Oc2cccc(-c3ccnc4c(C(F)(F)F)cccc34)c2)cc1. The summed E-state index contributed by atoms with van der Waals surface area (Å²) in [6, 6.07) is 18.7. The first-order valence-electron chi connectivity index (χ1n) is 9.75. The molecule has 1 heterocycles. The minimum atomic E-state index is -4.51. The molecule has 4 nitrogen and oxygen atoms in total. The van der Waals surface area contributed by atoms with Gasteiger partial charge >= 0.3 is 6.18 Å². The number of aromatic nitrogens is 1. The summed E-state index contributed by atoms with van der Waals surface area (Å²) in [7, 11) is -3.31. The van der Waals surface area contributed by atoms with E-state index in [0.29, 0.717) is 28.0 Å². The van der Waals surface area contributed by atoms with Crippen molar-refractivity contribution in [2.45, 2.75) is 18.0 Å². The van der Waals surface area contributed by atoms with E-state index in [2.05, 4.69) is 4.98 Å². The highest BCUT2D eigenvalue weighted by Crippen LogP contribution is 2.37. The maximum Gasteiger partial charge on any atom is 0.418 e. The molecule has 0 spiro atoms. The lowest BCUT2D eigenvalue weighted by Crippen LogP contribution is -2.06. The molecule has 0 amide bonds. The number of sulfone groups is 1. The molecular formula is C24H18F3NO3S. The lowest BCUT2D eigenvalue weighted by atomic mass is 9.99. The van der Waals surface area contributed by atoms with Crippen molar-refractivity contribution in [3.63, 3.8) is 0 Å². The fourth-order valence-corrected chi connectivity index (χ4v) is 4.29. The summed E-state index contributed by atoms with van der Waals surface area (Å²) in [5.74, 6) is 0.909. The van der Waals surface area contributed by atoms with Crippen molar-refractivity contribution in [1.82, 2.24) is 4.98 Å². The van der Waals surface area contributed by atoms with Crippen LogP contribution in [0.1, 0.15) is 12.5 Å². The largest absolute Gasteiger partial charge is 0.457 e. The fourth-order valence-electron chi connectivity index (χ4n) is 3.40. The maximum absolute atomic E-state index is 13.4. The van der Waals surface area contributed by atoms with Crippen LogP contribution in [0.3, 0.4) is 0 Å². The standard InChI is InChI=1S/C24H18F3NO3S/c1-2-32(29,30)19-11-9-17(10-12-19)31-18-6-3-5-16(15-18)20-13-14-28-23-21(20)7-4-8-22(23)24(25,26)27/h3-15H,2H2,1H3. The van der Waals surface area contributed by atoms with Gasteiger partial charge in [-0.3, -0.25) is 4.98 Å². The van der Waals surface area contributed by atoms with Crippen molar-refractivity contribution in [2.24, 2.45) is 0 Å². The Morgan fingerprint density at radius 3 is 2.31 bits per heavy atom. The molecule has 0 aliphatic heterocycles. The van der Waals surface area contributed by atoms with Crippen LogP contribution >= 0.6 is 0 Å². The lowest BCUT2D eigenvalue weighted by molar-refractivity contribution is -0.136. The molecule has 0 aliphatic rings. The van der Waals surface area contributed by atoms with Gasteiger partial charge in [0.05, 0.1) is 21.7 Å². The molecule has 0 radical (unpaired) electrons. The zero-order chi connectivity index (χ0) is 22.9. The second-order valence-corrected chi connectivity index (χ2v) is 9.34. The minimum Gasteiger partial charge on any atom is -0.457 e. The van der Waals surface area contributed by atoms with E-state index in [4.69, 9.17) is 4.74 Å². The molecule has 3 aromatic carbocycles. The average Bonchev–Trinajstić information content (AvgIpc) is 2.78. The van der Waals surface area contributed by atoms with Crippen LogP contribution in [0.25, 0.3) is 22.0 Å². The molecule has 1 aromatic heterocycles. The van der Waals surface area contributed by atoms with Gasteiger partial charge in [0.2, 0.25) is 0 Å². The minimum absolute atomic E-state index is 0.00515. The summed E-state index contributed by atoms with van der Waals surface area (Å²) >= 11 is 0. The van der Waals surface area contributed by atoms with Gasteiger partial charge in [0.25, 0.3) is 0 Å². The molecule has 0 unspecified atom stereocenters. The van der Waals surface area contributed by atoms with Crippen LogP contribution in [-0.2, 0) is 16.0 Å². The van der Waals surface area contributed by atoms with Gasteiger partial charge in [0.15, 0.2) is 9.84 Å². The van der Waals surface area contributed by atoms with Crippen LogP contribution < -0.4 is 4.74 Å². The third-order valence-corrected chi connectivity index (χ3v) is 6.77. The number of nitrogens with zero attached hydrogens (tertiary/aromatic N) is 1. The smallest absolute Gasteiger partial charge is 0.418 e. The zero-order valence-corrected chi connectivity index (χ0v) is 17.7. The van der Waals surface area contributed by atoms with Gasteiger partial charge in [-0.05, 0) is 59.7 Å². The molecule has 0 saturated carbocycles. The quantitative estimate of drug-likeness (QED) is 0.343. The molecule has 0 atom stereocenters. The molecule has 164 valence electrons. The Bertz CT molecular complexity index is 1380. The molecule has 0 N–H and O–H groups in total. The molecule has 0 fully saturated rings. The second-order valence-electron chi connectivity index (χ2n) is 7.06. The molecule has 0 saturated heterocycles. The van der Waals surface area contributed by atoms with Gasteiger partial charge in [-0.15, -0.1) is 0 Å². The van der Waals surface area contributed by atoms with E-state index in [1.165, 1.54) is 24.4 Å². The number of halogens is 3. The van der Waals surface area contributed by atoms with Gasteiger partial charge in [-0.1, -0.05) is 31.2 Å². The van der Waals surface area contributed by atoms with Gasteiger partial charge in [-0.25, -0.2) is 8.42 Å². The van der Waals surface area contributed by atoms with Crippen LogP contribution in [0.15, 0.2) is 83.9 Å². The summed E-state index contributed by atoms with van der Waals surface area (Å²) in [5.41, 5.74) is 0.360. The van der Waals surface area contributed by atoms with Crippen molar-refractivity contribution in [3.05, 3.63) is 84.6 Å². The molecule has 4 aromatic rings. The predicted octanol–water partition coefficient (Wildman–Crippen LogP) is 6.51. The predicted molar refractivity (Wildman–Crippen MR) is 116 cm³/mol. The maximum atomic E-state index is 13.4. The summed E-state index contributed by atoms with van der Waals surface area (Å²) in [6.07, 6.45) is -3.15. The Hall–Kier alpha value is -3.39. The van der Waals surface area contributed by atoms with Crippen molar-refractivity contribution < 1.29 is 26.3 Å². The van der Waals surface area contributed by atoms with E-state index in [1.54, 1.807) is 55.5 Å². The topological polar surface area (TPSA) is 56.3 Å². The van der Waals surface area contributed by atoms with Crippen LogP contribution in [-0.4, -0.2) is 19.2 Å². The van der Waals surface area contributed by atoms with E-state index in [0.717, 1.165) is 6.07 Å². The Kier molecular flexibility index (Phi) is 5.64. The van der Waals surface area contributed by atoms with E-state index < -0.39 is 21.6 Å². The van der Waals surface area contributed by atoms with Gasteiger partial charge in [0, 0.05) is 11.6 Å². The van der Waals surface area contributed by atoms with Crippen LogP contribution in [0, 0.1) is 0 Å². The first kappa shape index (κ1) is 21.8. The normalized spacial score (nSPS) is 12.1. The number of hydrogen-bond donors (Lipinski definition) is 0. The molecule has 32 heavy (non-hydrogen) atoms. The molecule has 0 aliphatic carbocycles. The molecule has 4 rings (SSSR count). The number of ether oxygens (including phenoxy) is 1. The highest BCUT2D eigenvalue weighted by atomic mass is 32.2. The third kappa shape index (κ3) is 4.31. The molecule has 8 heteroatoms. The van der Waals surface area contributed by atoms with Crippen LogP contribution in [0.2, 0.25) is 0 Å². The fraction of sp³-hybridized carbons (Fsp3) is 0.125. The first-order chi connectivity index (χ1) is 15.2. The molecular weight excluding hydrogens is 439 g/mol. The Labute approximate surface area is 183 Å². The summed E-state index contributed by atoms with van der Waals surface area (Å²) in [5, 5.41) is 0.383. The first-order valence-corrected chi connectivity index (χ1v) is 11.4. The van der Waals surface area contributed by atoms with E-state index >= 15 is 0 Å². The van der Waals surface area contributed by atoms with Crippen molar-refractivity contribution in [3.8, 4) is 22.6 Å². The number of pyridine rings is 1. The van der Waals surface area contributed by atoms with Gasteiger partial charge < -0.3 is 4.74 Å². The van der Waals surface area contributed by atoms with E-state index in [1.807, 2.05) is 0 Å². The number of hydrogen-bond acceptors (Lipinski definition) is 4. The van der Waals surface area contributed by atoms with Crippen LogP contribution in [0.4, 0.5) is 13.2 Å². The Morgan fingerprint density at radius 1 is 0.906 bits per heavy atom. The monoisotopic (exact) mass is 457 g/mol. The van der Waals surface area contributed by atoms with Crippen molar-refractivity contribution >= 4 is 20.7 Å². The number of alkyl halides is 3. The summed E-state index contributed by atoms with van der Waals surface area (Å²) in [6.45, 7) is 1.58. The zero-order valence-electron chi connectivity index (χ0n) is 16.9. The average molecular weight is 457 g/mol. The van der Waals surface area contributed by atoms with Gasteiger partial charge in [-0.2, -0.15) is 13.2 Å². The van der Waals surface area contributed by atoms with Crippen molar-refractivity contribution in [2.75, 3.05) is 5.75 Å². The number of fused-ring (bicyclic) bond motifs is 1. The van der Waals surface area contributed by atoms with E-state index in [9.17, 15) is 21.6 Å². The van der Waals surface area contributed by atoms with Crippen LogP contribution in [0.5, 0.6) is 11.5 Å². The second kappa shape index (κ2) is 8.27. The number of benzene rings is 3. The third-order valence-electron chi connectivity index (χ3n) is 5.02. The van der Waals surface area contributed by atoms with E-state index in [-0.39, 0.29) is 16.2 Å². The highest BCUT2D eigenvalue weighted by Gasteiger charge is 2.33. The van der Waals surface area contributed by atoms with Crippen molar-refractivity contribution in [1.29, 1.82) is 0 Å². The highest BCUT2D eigenvalue weighted by molar-refractivity contribution is 7.91. The van der Waals surface area contributed by atoms with Gasteiger partial charge in [0.1, 0.15) is 11.5 Å². The number of para-hydroxylation sites is 1. The number of rotatable bonds is 5. The summed E-state index contributed by atoms with van der Waals surface area (Å²) < 4.78 is 69.9. The molecule has 0 bridgehead atoms. The summed E-state index contributed by atoms with van der Waals surface area (Å²) in [4.78, 5) is 4.17. The Morgan fingerprint density at radius 2 is 1.62 bits per heavy atom. The Balaban J connectivity index is 1.69.